The summed E-state index contributed by atoms with van der Waals surface area (Å²) in [7, 11) is 0. The molecule has 0 radical (unpaired) electrons. The van der Waals surface area contributed by atoms with Crippen molar-refractivity contribution in [1.82, 2.24) is 4.98 Å². The molecule has 1 unspecified atom stereocenters. The summed E-state index contributed by atoms with van der Waals surface area (Å²) in [6, 6.07) is 77.6. The van der Waals surface area contributed by atoms with Crippen molar-refractivity contribution in [3.8, 4) is 44.5 Å². The molecule has 2 aliphatic rings. The first-order valence-corrected chi connectivity index (χ1v) is 22.4. The van der Waals surface area contributed by atoms with Gasteiger partial charge in [0.25, 0.3) is 0 Å². The number of pyridine rings is 1. The molecule has 9 aromatic carbocycles. The lowest BCUT2D eigenvalue weighted by Crippen LogP contribution is -2.30. The fourth-order valence-electron chi connectivity index (χ4n) is 10.5. The third-order valence-electron chi connectivity index (χ3n) is 13.6. The van der Waals surface area contributed by atoms with Gasteiger partial charge in [0.1, 0.15) is 0 Å². The van der Waals surface area contributed by atoms with Crippen molar-refractivity contribution in [1.29, 1.82) is 0 Å². The van der Waals surface area contributed by atoms with Crippen LogP contribution in [0.15, 0.2) is 255 Å². The monoisotopic (exact) mass is 828 g/mol. The normalized spacial score (nSPS) is 16.0. The van der Waals surface area contributed by atoms with E-state index in [0.29, 0.717) is 0 Å². The summed E-state index contributed by atoms with van der Waals surface area (Å²) in [5.41, 5.74) is 19.1. The molecule has 0 aliphatic heterocycles. The fourth-order valence-corrected chi connectivity index (χ4v) is 10.5. The first-order chi connectivity index (χ1) is 32.1. The zero-order chi connectivity index (χ0) is 43.3. The maximum Gasteiger partial charge on any atom is 0.0786 e. The number of hydrogen-bond acceptors (Lipinski definition) is 2. The van der Waals surface area contributed by atoms with E-state index in [1.165, 1.54) is 72.0 Å². The van der Waals surface area contributed by atoms with Gasteiger partial charge in [0.15, 0.2) is 0 Å². The Labute approximate surface area is 380 Å². The molecule has 0 saturated carbocycles. The van der Waals surface area contributed by atoms with Crippen molar-refractivity contribution in [2.75, 3.05) is 4.90 Å². The van der Waals surface area contributed by atoms with E-state index < -0.39 is 5.41 Å². The van der Waals surface area contributed by atoms with Crippen LogP contribution in [-0.2, 0) is 11.8 Å². The predicted molar refractivity (Wildman–Crippen MR) is 273 cm³/mol. The van der Waals surface area contributed by atoms with Gasteiger partial charge in [-0.3, -0.25) is 4.98 Å². The average Bonchev–Trinajstić information content (AvgIpc) is 3.70. The SMILES string of the molecule is C=C1/C=C\C=C/Cc2ccc(-c3cccc4ccc5cccnc5c34)cc2C12c1ccccc1-c1ccc(N(c3ccc(-c4ccccc4)cc3)c3ccc(-c4ccccc4)cc3)cc12. The van der Waals surface area contributed by atoms with Crippen molar-refractivity contribution in [3.63, 3.8) is 0 Å². The Balaban J connectivity index is 1.09. The number of nitrogens with zero attached hydrogens (tertiary/aromatic N) is 2. The first kappa shape index (κ1) is 38.4. The van der Waals surface area contributed by atoms with Crippen molar-refractivity contribution < 1.29 is 0 Å². The summed E-state index contributed by atoms with van der Waals surface area (Å²) in [6.45, 7) is 5.01. The highest BCUT2D eigenvalue weighted by Gasteiger charge is 2.47. The van der Waals surface area contributed by atoms with E-state index in [1.807, 2.05) is 12.3 Å². The number of allylic oxidation sites excluding steroid dienone is 5. The molecular formula is C63H44N2. The van der Waals surface area contributed by atoms with Gasteiger partial charge in [-0.05, 0) is 133 Å². The lowest BCUT2D eigenvalue weighted by atomic mass is 9.65. The maximum absolute atomic E-state index is 5.01. The van der Waals surface area contributed by atoms with Gasteiger partial charge < -0.3 is 4.90 Å². The molecule has 0 fully saturated rings. The van der Waals surface area contributed by atoms with Crippen LogP contribution in [0.3, 0.4) is 0 Å². The van der Waals surface area contributed by atoms with E-state index in [1.54, 1.807) is 0 Å². The largest absolute Gasteiger partial charge is 0.310 e. The topological polar surface area (TPSA) is 16.1 Å². The summed E-state index contributed by atoms with van der Waals surface area (Å²) < 4.78 is 0. The van der Waals surface area contributed by atoms with Crippen molar-refractivity contribution in [3.05, 3.63) is 277 Å². The number of rotatable bonds is 6. The minimum atomic E-state index is -0.694. The molecule has 2 heteroatoms. The second-order valence-electron chi connectivity index (χ2n) is 17.1. The van der Waals surface area contributed by atoms with Gasteiger partial charge in [-0.2, -0.15) is 0 Å². The third kappa shape index (κ3) is 6.37. The van der Waals surface area contributed by atoms with Gasteiger partial charge >= 0.3 is 0 Å². The molecule has 1 aromatic heterocycles. The quantitative estimate of drug-likeness (QED) is 0.155. The Bertz CT molecular complexity index is 3430. The van der Waals surface area contributed by atoms with Crippen LogP contribution in [0, 0.1) is 0 Å². The van der Waals surface area contributed by atoms with Crippen LogP contribution in [0.5, 0.6) is 0 Å². The van der Waals surface area contributed by atoms with E-state index in [-0.39, 0.29) is 0 Å². The molecule has 306 valence electrons. The maximum atomic E-state index is 5.01. The zero-order valence-electron chi connectivity index (χ0n) is 35.9. The smallest absolute Gasteiger partial charge is 0.0786 e. The van der Waals surface area contributed by atoms with Gasteiger partial charge in [0, 0.05) is 34.0 Å². The third-order valence-corrected chi connectivity index (χ3v) is 13.6. The lowest BCUT2D eigenvalue weighted by Gasteiger charge is -2.37. The number of hydrogen-bond donors (Lipinski definition) is 0. The molecule has 1 spiro atoms. The van der Waals surface area contributed by atoms with Gasteiger partial charge in [0.2, 0.25) is 0 Å². The number of anilines is 3. The standard InChI is InChI=1S/C63H44N2/c1-43-15-5-2-10-20-48-26-29-51(55-24-13-21-49-27-28-50-22-14-40-64-62(50)61(49)55)41-59(48)63(43)58-25-12-11-23-56(58)57-39-38-54(42-60(57)63)65(52-34-30-46(31-35-52)44-16-6-3-7-17-44)53-36-32-47(33-37-53)45-18-8-4-9-19-45/h2-19,21-42H,1,20H2/b10-2-,15-5-. The molecule has 0 N–H and O–H groups in total. The molecule has 12 rings (SSSR count). The average molecular weight is 829 g/mol. The summed E-state index contributed by atoms with van der Waals surface area (Å²) in [5.74, 6) is 0. The molecular weight excluding hydrogens is 785 g/mol. The van der Waals surface area contributed by atoms with Gasteiger partial charge in [-0.15, -0.1) is 0 Å². The Morgan fingerprint density at radius 1 is 0.431 bits per heavy atom. The molecule has 0 saturated heterocycles. The van der Waals surface area contributed by atoms with Crippen LogP contribution in [0.2, 0.25) is 0 Å². The van der Waals surface area contributed by atoms with Crippen molar-refractivity contribution >= 4 is 38.7 Å². The Kier molecular flexibility index (Phi) is 9.31. The molecule has 1 heterocycles. The zero-order valence-corrected chi connectivity index (χ0v) is 35.9. The van der Waals surface area contributed by atoms with E-state index in [0.717, 1.165) is 45.5 Å². The van der Waals surface area contributed by atoms with Crippen LogP contribution in [0.25, 0.3) is 66.2 Å². The van der Waals surface area contributed by atoms with Crippen molar-refractivity contribution in [2.45, 2.75) is 11.8 Å². The molecule has 0 amide bonds. The minimum absolute atomic E-state index is 0.694. The number of aromatic nitrogens is 1. The molecule has 65 heavy (non-hydrogen) atoms. The van der Waals surface area contributed by atoms with E-state index >= 15 is 0 Å². The Morgan fingerprint density at radius 3 is 1.77 bits per heavy atom. The molecule has 0 bridgehead atoms. The van der Waals surface area contributed by atoms with E-state index in [2.05, 4.69) is 235 Å². The van der Waals surface area contributed by atoms with Crippen LogP contribution in [0.4, 0.5) is 17.1 Å². The van der Waals surface area contributed by atoms with Gasteiger partial charge in [-0.1, -0.05) is 195 Å². The minimum Gasteiger partial charge on any atom is -0.310 e. The fraction of sp³-hybridized carbons (Fsp3) is 0.0317. The summed E-state index contributed by atoms with van der Waals surface area (Å²) in [4.78, 5) is 7.35. The van der Waals surface area contributed by atoms with E-state index in [4.69, 9.17) is 11.6 Å². The summed E-state index contributed by atoms with van der Waals surface area (Å²) >= 11 is 0. The van der Waals surface area contributed by atoms with Crippen LogP contribution < -0.4 is 4.90 Å². The first-order valence-electron chi connectivity index (χ1n) is 22.4. The summed E-state index contributed by atoms with van der Waals surface area (Å²) in [5, 5.41) is 3.48. The highest BCUT2D eigenvalue weighted by Crippen LogP contribution is 2.59. The second-order valence-corrected chi connectivity index (χ2v) is 17.1. The lowest BCUT2D eigenvalue weighted by molar-refractivity contribution is 0.760. The highest BCUT2D eigenvalue weighted by molar-refractivity contribution is 6.12. The Morgan fingerprint density at radius 2 is 1.03 bits per heavy atom. The van der Waals surface area contributed by atoms with E-state index in [9.17, 15) is 0 Å². The molecule has 10 aromatic rings. The second kappa shape index (κ2) is 15.8. The molecule has 2 aliphatic carbocycles. The predicted octanol–water partition coefficient (Wildman–Crippen LogP) is 16.4. The number of fused-ring (bicyclic) bond motifs is 10. The molecule has 2 nitrogen and oxygen atoms in total. The van der Waals surface area contributed by atoms with Crippen LogP contribution in [0.1, 0.15) is 22.3 Å². The highest BCUT2D eigenvalue weighted by atomic mass is 15.1. The number of benzene rings is 9. The van der Waals surface area contributed by atoms with Crippen molar-refractivity contribution in [2.24, 2.45) is 0 Å². The summed E-state index contributed by atoms with van der Waals surface area (Å²) in [6.07, 6.45) is 11.5. The Hall–Kier alpha value is -8.33. The van der Waals surface area contributed by atoms with Gasteiger partial charge in [-0.25, -0.2) is 0 Å². The van der Waals surface area contributed by atoms with Crippen LogP contribution in [-0.4, -0.2) is 4.98 Å². The molecule has 1 atom stereocenters. The van der Waals surface area contributed by atoms with Gasteiger partial charge in [0.05, 0.1) is 10.9 Å². The van der Waals surface area contributed by atoms with Crippen LogP contribution >= 0.6 is 0 Å².